The highest BCUT2D eigenvalue weighted by molar-refractivity contribution is 6.35. The monoisotopic (exact) mass is 425 g/mol. The maximum Gasteiger partial charge on any atom is 0.236 e. The maximum absolute atomic E-state index is 13.5. The van der Waals surface area contributed by atoms with Crippen molar-refractivity contribution in [1.29, 1.82) is 0 Å². The van der Waals surface area contributed by atoms with Crippen molar-refractivity contribution in [1.82, 2.24) is 9.97 Å². The zero-order valence-electron chi connectivity index (χ0n) is 15.5. The molecule has 0 spiro atoms. The van der Waals surface area contributed by atoms with E-state index in [0.717, 1.165) is 28.0 Å². The largest absolute Gasteiger partial charge is 0.497 e. The molecule has 0 bridgehead atoms. The van der Waals surface area contributed by atoms with Crippen LogP contribution in [0, 0.1) is 11.8 Å². The Morgan fingerprint density at radius 3 is 2.59 bits per heavy atom. The summed E-state index contributed by atoms with van der Waals surface area (Å²) in [6.45, 7) is 0. The van der Waals surface area contributed by atoms with Crippen molar-refractivity contribution in [2.45, 2.75) is 6.04 Å². The highest BCUT2D eigenvalue weighted by Gasteiger charge is 2.52. The Kier molecular flexibility index (Phi) is 4.37. The number of fused-ring (bicyclic) bond motifs is 2. The second-order valence-electron chi connectivity index (χ2n) is 7.14. The number of imidazole rings is 1. The Morgan fingerprint density at radius 1 is 1.07 bits per heavy atom. The molecule has 5 nitrogen and oxygen atoms in total. The Morgan fingerprint density at radius 2 is 1.83 bits per heavy atom. The summed E-state index contributed by atoms with van der Waals surface area (Å²) in [5, 5.41) is 1.13. The lowest BCUT2D eigenvalue weighted by atomic mass is 9.83. The van der Waals surface area contributed by atoms with Gasteiger partial charge in [0.1, 0.15) is 5.75 Å². The van der Waals surface area contributed by atoms with E-state index < -0.39 is 5.92 Å². The van der Waals surface area contributed by atoms with Gasteiger partial charge in [0.25, 0.3) is 0 Å². The minimum atomic E-state index is -0.501. The minimum Gasteiger partial charge on any atom is -0.497 e. The second kappa shape index (κ2) is 6.94. The number of benzene rings is 2. The van der Waals surface area contributed by atoms with E-state index in [9.17, 15) is 4.79 Å². The third-order valence-corrected chi connectivity index (χ3v) is 6.38. The lowest BCUT2D eigenvalue weighted by Crippen LogP contribution is -2.29. The van der Waals surface area contributed by atoms with E-state index in [4.69, 9.17) is 27.9 Å². The normalized spacial score (nSPS) is 23.8. The van der Waals surface area contributed by atoms with Gasteiger partial charge in [0.15, 0.2) is 0 Å². The summed E-state index contributed by atoms with van der Waals surface area (Å²) in [6, 6.07) is 13.2. The number of anilines is 1. The molecular weight excluding hydrogens is 409 g/mol. The standard InChI is InChI=1S/C22H17Cl2N3O2/c1-29-14-5-2-12(3-6-14)21-19-15(23)7-8-16(24)20(19)22(28)27(21)13-4-9-17-18(10-13)26-11-25-17/h2-11,19-21H,1H3,(H,25,26). The number of methoxy groups -OCH3 is 1. The number of nitrogens with one attached hydrogen (secondary N) is 1. The molecule has 1 aromatic heterocycles. The molecule has 1 N–H and O–H groups in total. The predicted molar refractivity (Wildman–Crippen MR) is 114 cm³/mol. The van der Waals surface area contributed by atoms with Crippen LogP contribution in [0.25, 0.3) is 11.0 Å². The molecule has 146 valence electrons. The molecule has 1 fully saturated rings. The molecule has 2 aromatic carbocycles. The van der Waals surface area contributed by atoms with E-state index in [1.807, 2.05) is 42.5 Å². The van der Waals surface area contributed by atoms with E-state index in [2.05, 4.69) is 9.97 Å². The van der Waals surface area contributed by atoms with Gasteiger partial charge in [0, 0.05) is 21.7 Å². The van der Waals surface area contributed by atoms with Crippen LogP contribution in [0.5, 0.6) is 5.75 Å². The number of carbonyl (C=O) groups is 1. The van der Waals surface area contributed by atoms with Crippen LogP contribution in [0.2, 0.25) is 0 Å². The van der Waals surface area contributed by atoms with Gasteiger partial charge < -0.3 is 14.6 Å². The van der Waals surface area contributed by atoms with Gasteiger partial charge in [-0.25, -0.2) is 4.98 Å². The van der Waals surface area contributed by atoms with Crippen molar-refractivity contribution in [3.05, 3.63) is 76.6 Å². The molecule has 5 rings (SSSR count). The van der Waals surface area contributed by atoms with Crippen LogP contribution in [-0.4, -0.2) is 23.0 Å². The van der Waals surface area contributed by atoms with Crippen LogP contribution in [-0.2, 0) is 4.79 Å². The molecule has 3 aromatic rings. The first-order valence-corrected chi connectivity index (χ1v) is 9.97. The Labute approximate surface area is 177 Å². The van der Waals surface area contributed by atoms with E-state index >= 15 is 0 Å². The fourth-order valence-electron chi connectivity index (χ4n) is 4.28. The van der Waals surface area contributed by atoms with Crippen LogP contribution in [0.4, 0.5) is 5.69 Å². The first-order valence-electron chi connectivity index (χ1n) is 9.21. The Hall–Kier alpha value is -2.76. The van der Waals surface area contributed by atoms with Crippen molar-refractivity contribution in [2.24, 2.45) is 11.8 Å². The number of H-pyrrole nitrogens is 1. The molecule has 2 aliphatic rings. The molecule has 1 amide bonds. The molecule has 0 radical (unpaired) electrons. The zero-order valence-corrected chi connectivity index (χ0v) is 17.0. The molecule has 1 aliphatic carbocycles. The van der Waals surface area contributed by atoms with Crippen LogP contribution in [0.15, 0.2) is 71.0 Å². The van der Waals surface area contributed by atoms with Gasteiger partial charge in [-0.1, -0.05) is 35.3 Å². The number of hydrogen-bond donors (Lipinski definition) is 1. The van der Waals surface area contributed by atoms with Crippen LogP contribution in [0.3, 0.4) is 0 Å². The van der Waals surface area contributed by atoms with Crippen molar-refractivity contribution >= 4 is 45.8 Å². The molecular formula is C22H17Cl2N3O2. The van der Waals surface area contributed by atoms with Crippen LogP contribution < -0.4 is 9.64 Å². The minimum absolute atomic E-state index is 0.0674. The van der Waals surface area contributed by atoms with Gasteiger partial charge in [0.2, 0.25) is 5.91 Å². The summed E-state index contributed by atoms with van der Waals surface area (Å²) in [6.07, 6.45) is 5.15. The Bertz CT molecular complexity index is 1170. The number of rotatable bonds is 3. The number of ether oxygens (including phenoxy) is 1. The highest BCUT2D eigenvalue weighted by Crippen LogP contribution is 2.53. The predicted octanol–water partition coefficient (Wildman–Crippen LogP) is 5.15. The zero-order chi connectivity index (χ0) is 20.1. The lowest BCUT2D eigenvalue weighted by Gasteiger charge is -2.29. The molecule has 0 saturated carbocycles. The van der Waals surface area contributed by atoms with Crippen molar-refractivity contribution < 1.29 is 9.53 Å². The summed E-state index contributed by atoms with van der Waals surface area (Å²) in [5.41, 5.74) is 3.45. The number of hydrogen-bond acceptors (Lipinski definition) is 3. The van der Waals surface area contributed by atoms with Gasteiger partial charge in [-0.3, -0.25) is 4.79 Å². The molecule has 1 saturated heterocycles. The molecule has 3 unspecified atom stereocenters. The number of aromatic amines is 1. The molecule has 3 atom stereocenters. The second-order valence-corrected chi connectivity index (χ2v) is 8.01. The summed E-state index contributed by atoms with van der Waals surface area (Å²) >= 11 is 13.1. The third kappa shape index (κ3) is 2.84. The van der Waals surface area contributed by atoms with Gasteiger partial charge in [0.05, 0.1) is 36.4 Å². The molecule has 29 heavy (non-hydrogen) atoms. The fraction of sp³-hybridized carbons (Fsp3) is 0.182. The maximum atomic E-state index is 13.5. The SMILES string of the molecule is COc1ccc(C2C3C(Cl)=CC=C(Cl)C3C(=O)N2c2ccc3nc[nH]c3c2)cc1. The van der Waals surface area contributed by atoms with E-state index in [-0.39, 0.29) is 17.9 Å². The van der Waals surface area contributed by atoms with Gasteiger partial charge in [-0.15, -0.1) is 0 Å². The smallest absolute Gasteiger partial charge is 0.236 e. The fourth-order valence-corrected chi connectivity index (χ4v) is 4.88. The number of amides is 1. The van der Waals surface area contributed by atoms with Gasteiger partial charge >= 0.3 is 0 Å². The first-order chi connectivity index (χ1) is 14.1. The Balaban J connectivity index is 1.68. The summed E-state index contributed by atoms with van der Waals surface area (Å²) in [7, 11) is 1.63. The average Bonchev–Trinajstić information content (AvgIpc) is 3.33. The highest BCUT2D eigenvalue weighted by atomic mass is 35.5. The van der Waals surface area contributed by atoms with Gasteiger partial charge in [-0.2, -0.15) is 0 Å². The van der Waals surface area contributed by atoms with Crippen LogP contribution in [0.1, 0.15) is 11.6 Å². The van der Waals surface area contributed by atoms with Crippen LogP contribution >= 0.6 is 23.2 Å². The lowest BCUT2D eigenvalue weighted by molar-refractivity contribution is -0.119. The third-order valence-electron chi connectivity index (χ3n) is 5.64. The number of carbonyl (C=O) groups excluding carboxylic acids is 1. The number of nitrogens with zero attached hydrogens (tertiary/aromatic N) is 2. The molecule has 1 aliphatic heterocycles. The molecule has 2 heterocycles. The van der Waals surface area contributed by atoms with Gasteiger partial charge in [-0.05, 0) is 48.0 Å². The quantitative estimate of drug-likeness (QED) is 0.630. The molecule has 7 heteroatoms. The number of aromatic nitrogens is 2. The van der Waals surface area contributed by atoms with Crippen molar-refractivity contribution in [3.8, 4) is 5.75 Å². The summed E-state index contributed by atoms with van der Waals surface area (Å²) < 4.78 is 5.29. The van der Waals surface area contributed by atoms with E-state index in [1.54, 1.807) is 30.5 Å². The van der Waals surface area contributed by atoms with Crippen molar-refractivity contribution in [2.75, 3.05) is 12.0 Å². The average molecular weight is 426 g/mol. The number of halogens is 2. The number of allylic oxidation sites excluding steroid dienone is 2. The summed E-state index contributed by atoms with van der Waals surface area (Å²) in [5.74, 6) is -0.0725. The summed E-state index contributed by atoms with van der Waals surface area (Å²) in [4.78, 5) is 22.7. The van der Waals surface area contributed by atoms with Crippen molar-refractivity contribution in [3.63, 3.8) is 0 Å². The van der Waals surface area contributed by atoms with E-state index in [1.165, 1.54) is 0 Å². The first kappa shape index (κ1) is 18.3. The topological polar surface area (TPSA) is 58.2 Å². The van der Waals surface area contributed by atoms with E-state index in [0.29, 0.717) is 10.1 Å².